The second-order valence-electron chi connectivity index (χ2n) is 7.02. The lowest BCUT2D eigenvalue weighted by Crippen LogP contribution is -2.45. The molecule has 1 amide bonds. The number of carboxylic acids is 1. The van der Waals surface area contributed by atoms with Crippen molar-refractivity contribution in [2.24, 2.45) is 11.8 Å². The predicted molar refractivity (Wildman–Crippen MR) is 101 cm³/mol. The normalized spacial score (nSPS) is 19.4. The lowest BCUT2D eigenvalue weighted by molar-refractivity contribution is -0.148. The molecule has 0 aliphatic carbocycles. The van der Waals surface area contributed by atoms with Gasteiger partial charge in [-0.1, -0.05) is 12.1 Å². The van der Waals surface area contributed by atoms with Gasteiger partial charge < -0.3 is 19.3 Å². The zero-order chi connectivity index (χ0) is 20.1. The summed E-state index contributed by atoms with van der Waals surface area (Å²) in [6.45, 7) is 5.35. The van der Waals surface area contributed by atoms with E-state index in [0.717, 1.165) is 11.3 Å². The number of rotatable bonds is 7. The summed E-state index contributed by atoms with van der Waals surface area (Å²) in [5.74, 6) is 0.430. The Hall–Kier alpha value is -2.90. The lowest BCUT2D eigenvalue weighted by Gasteiger charge is -2.34. The first-order valence-corrected chi connectivity index (χ1v) is 9.54. The van der Waals surface area contributed by atoms with Crippen LogP contribution in [0.2, 0.25) is 0 Å². The third kappa shape index (κ3) is 4.68. The smallest absolute Gasteiger partial charge is 0.306 e. The maximum absolute atomic E-state index is 12.4. The molecule has 1 aliphatic rings. The van der Waals surface area contributed by atoms with Crippen LogP contribution >= 0.6 is 0 Å². The van der Waals surface area contributed by atoms with Gasteiger partial charge >= 0.3 is 5.97 Å². The van der Waals surface area contributed by atoms with E-state index in [2.05, 4.69) is 10.1 Å². The van der Waals surface area contributed by atoms with E-state index in [4.69, 9.17) is 9.26 Å². The van der Waals surface area contributed by atoms with Gasteiger partial charge in [0, 0.05) is 31.5 Å². The highest BCUT2D eigenvalue weighted by Crippen LogP contribution is 2.24. The molecular formula is C20H25N3O5. The Labute approximate surface area is 163 Å². The molecule has 1 fully saturated rings. The van der Waals surface area contributed by atoms with Crippen LogP contribution in [0.15, 0.2) is 28.8 Å². The number of nitrogens with zero attached hydrogens (tertiary/aromatic N) is 3. The molecule has 8 heteroatoms. The lowest BCUT2D eigenvalue weighted by atomic mass is 9.87. The summed E-state index contributed by atoms with van der Waals surface area (Å²) in [4.78, 5) is 29.7. The van der Waals surface area contributed by atoms with Gasteiger partial charge in [-0.2, -0.15) is 4.98 Å². The number of carboxylic acid groups (broad SMARTS) is 1. The molecule has 3 rings (SSSR count). The number of aliphatic carboxylic acids is 1. The Kier molecular flexibility index (Phi) is 6.28. The fourth-order valence-corrected chi connectivity index (χ4v) is 3.45. The molecule has 1 aromatic heterocycles. The molecule has 2 heterocycles. The Morgan fingerprint density at radius 3 is 2.71 bits per heavy atom. The molecule has 2 aromatic rings. The largest absolute Gasteiger partial charge is 0.494 e. The van der Waals surface area contributed by atoms with Crippen molar-refractivity contribution in [2.75, 3.05) is 19.7 Å². The Balaban J connectivity index is 1.53. The van der Waals surface area contributed by atoms with Crippen molar-refractivity contribution in [1.29, 1.82) is 0 Å². The highest BCUT2D eigenvalue weighted by molar-refractivity contribution is 5.77. The van der Waals surface area contributed by atoms with E-state index in [1.807, 2.05) is 38.1 Å². The summed E-state index contributed by atoms with van der Waals surface area (Å²) in [5, 5.41) is 13.2. The molecule has 1 aliphatic heterocycles. The molecule has 150 valence electrons. The molecule has 28 heavy (non-hydrogen) atoms. The van der Waals surface area contributed by atoms with Crippen molar-refractivity contribution in [3.05, 3.63) is 30.2 Å². The van der Waals surface area contributed by atoms with Gasteiger partial charge in [-0.3, -0.25) is 9.59 Å². The zero-order valence-corrected chi connectivity index (χ0v) is 16.1. The Morgan fingerprint density at radius 1 is 1.32 bits per heavy atom. The van der Waals surface area contributed by atoms with Gasteiger partial charge in [-0.25, -0.2) is 0 Å². The summed E-state index contributed by atoms with van der Waals surface area (Å²) in [6, 6.07) is 7.41. The molecule has 0 radical (unpaired) electrons. The first-order chi connectivity index (χ1) is 13.5. The van der Waals surface area contributed by atoms with Crippen molar-refractivity contribution in [3.8, 4) is 17.1 Å². The predicted octanol–water partition coefficient (Wildman–Crippen LogP) is 2.64. The van der Waals surface area contributed by atoms with Gasteiger partial charge in [0.15, 0.2) is 0 Å². The molecule has 1 aromatic carbocycles. The van der Waals surface area contributed by atoms with Crippen LogP contribution in [-0.4, -0.2) is 51.7 Å². The van der Waals surface area contributed by atoms with Crippen LogP contribution in [-0.2, 0) is 16.0 Å². The number of benzene rings is 1. The fraction of sp³-hybridized carbons (Fsp3) is 0.500. The molecule has 0 spiro atoms. The number of hydrogen-bond acceptors (Lipinski definition) is 6. The molecule has 2 unspecified atom stereocenters. The van der Waals surface area contributed by atoms with E-state index in [1.54, 1.807) is 4.90 Å². The van der Waals surface area contributed by atoms with Gasteiger partial charge in [0.05, 0.1) is 12.5 Å². The third-order valence-electron chi connectivity index (χ3n) is 5.02. The first-order valence-electron chi connectivity index (χ1n) is 9.54. The van der Waals surface area contributed by atoms with Crippen LogP contribution in [0, 0.1) is 11.8 Å². The van der Waals surface area contributed by atoms with Crippen molar-refractivity contribution < 1.29 is 24.0 Å². The highest BCUT2D eigenvalue weighted by atomic mass is 16.5. The van der Waals surface area contributed by atoms with Crippen molar-refractivity contribution >= 4 is 11.9 Å². The average Bonchev–Trinajstić information content (AvgIpc) is 3.15. The van der Waals surface area contributed by atoms with E-state index in [9.17, 15) is 14.7 Å². The van der Waals surface area contributed by atoms with Crippen molar-refractivity contribution in [1.82, 2.24) is 15.0 Å². The second-order valence-corrected chi connectivity index (χ2v) is 7.02. The van der Waals surface area contributed by atoms with E-state index < -0.39 is 5.97 Å². The number of likely N-dealkylation sites (tertiary alicyclic amines) is 1. The van der Waals surface area contributed by atoms with Crippen LogP contribution in [0.1, 0.15) is 32.6 Å². The molecule has 1 saturated heterocycles. The molecule has 1 N–H and O–H groups in total. The fourth-order valence-electron chi connectivity index (χ4n) is 3.45. The third-order valence-corrected chi connectivity index (χ3v) is 5.02. The number of aryl methyl sites for hydroxylation is 1. The van der Waals surface area contributed by atoms with E-state index >= 15 is 0 Å². The Morgan fingerprint density at radius 2 is 2.07 bits per heavy atom. The van der Waals surface area contributed by atoms with Crippen molar-refractivity contribution in [3.63, 3.8) is 0 Å². The standard InChI is InChI=1S/C20H25N3O5/c1-3-27-15-6-4-14(5-7-15)19-21-17(28-22-19)8-9-18(24)23-11-10-16(20(25)26)13(2)12-23/h4-7,13,16H,3,8-12H2,1-2H3,(H,25,26). The van der Waals surface area contributed by atoms with Gasteiger partial charge in [0.25, 0.3) is 0 Å². The number of carbonyl (C=O) groups is 2. The van der Waals surface area contributed by atoms with Crippen LogP contribution in [0.3, 0.4) is 0 Å². The quantitative estimate of drug-likeness (QED) is 0.778. The number of carbonyl (C=O) groups excluding carboxylic acids is 1. The summed E-state index contributed by atoms with van der Waals surface area (Å²) in [5.41, 5.74) is 0.814. The van der Waals surface area contributed by atoms with E-state index in [0.29, 0.717) is 44.3 Å². The minimum Gasteiger partial charge on any atom is -0.494 e. The number of ether oxygens (including phenoxy) is 1. The molecule has 8 nitrogen and oxygen atoms in total. The zero-order valence-electron chi connectivity index (χ0n) is 16.1. The van der Waals surface area contributed by atoms with Crippen molar-refractivity contribution in [2.45, 2.75) is 33.1 Å². The first kappa shape index (κ1) is 19.9. The van der Waals surface area contributed by atoms with Gasteiger partial charge in [0.2, 0.25) is 17.6 Å². The molecule has 0 saturated carbocycles. The minimum absolute atomic E-state index is 0.0171. The number of piperidine rings is 1. The maximum Gasteiger partial charge on any atom is 0.306 e. The topological polar surface area (TPSA) is 106 Å². The van der Waals surface area contributed by atoms with Crippen LogP contribution in [0.25, 0.3) is 11.4 Å². The van der Waals surface area contributed by atoms with Crippen LogP contribution in [0.5, 0.6) is 5.75 Å². The summed E-state index contributed by atoms with van der Waals surface area (Å²) < 4.78 is 10.7. The Bertz CT molecular complexity index is 818. The van der Waals surface area contributed by atoms with E-state index in [-0.39, 0.29) is 24.2 Å². The SMILES string of the molecule is CCOc1ccc(-c2noc(CCC(=O)N3CCC(C(=O)O)C(C)C3)n2)cc1. The second kappa shape index (κ2) is 8.86. The highest BCUT2D eigenvalue weighted by Gasteiger charge is 2.32. The summed E-state index contributed by atoms with van der Waals surface area (Å²) in [7, 11) is 0. The van der Waals surface area contributed by atoms with Crippen LogP contribution in [0.4, 0.5) is 0 Å². The number of hydrogen-bond donors (Lipinski definition) is 1. The van der Waals surface area contributed by atoms with Gasteiger partial charge in [0.1, 0.15) is 5.75 Å². The maximum atomic E-state index is 12.4. The van der Waals surface area contributed by atoms with Gasteiger partial charge in [-0.05, 0) is 43.5 Å². The molecular weight excluding hydrogens is 362 g/mol. The van der Waals surface area contributed by atoms with E-state index in [1.165, 1.54) is 0 Å². The van der Waals surface area contributed by atoms with Crippen LogP contribution < -0.4 is 4.74 Å². The monoisotopic (exact) mass is 387 g/mol. The minimum atomic E-state index is -0.785. The number of aromatic nitrogens is 2. The summed E-state index contributed by atoms with van der Waals surface area (Å²) >= 11 is 0. The number of amides is 1. The molecule has 2 atom stereocenters. The summed E-state index contributed by atoms with van der Waals surface area (Å²) in [6.07, 6.45) is 1.11. The average molecular weight is 387 g/mol. The van der Waals surface area contributed by atoms with Gasteiger partial charge in [-0.15, -0.1) is 0 Å². The molecule has 0 bridgehead atoms.